The van der Waals surface area contributed by atoms with Crippen LogP contribution in [0.25, 0.3) is 11.1 Å². The van der Waals surface area contributed by atoms with Gasteiger partial charge in [0.1, 0.15) is 6.04 Å². The van der Waals surface area contributed by atoms with Crippen LogP contribution in [0.4, 0.5) is 17.1 Å². The zero-order valence-corrected chi connectivity index (χ0v) is 25.2. The summed E-state index contributed by atoms with van der Waals surface area (Å²) < 4.78 is 0. The molecule has 3 N–H and O–H groups in total. The summed E-state index contributed by atoms with van der Waals surface area (Å²) in [4.78, 5) is 41.0. The van der Waals surface area contributed by atoms with Gasteiger partial charge in [-0.2, -0.15) is 0 Å². The first-order chi connectivity index (χ1) is 21.8. The van der Waals surface area contributed by atoms with Crippen molar-refractivity contribution in [2.45, 2.75) is 12.5 Å². The monoisotopic (exact) mass is 597 g/mol. The van der Waals surface area contributed by atoms with Crippen molar-refractivity contribution >= 4 is 34.6 Å². The van der Waals surface area contributed by atoms with E-state index in [1.54, 1.807) is 60.7 Å². The predicted octanol–water partition coefficient (Wildman–Crippen LogP) is 7.05. The number of carboxylic acids is 1. The molecule has 0 fully saturated rings. The lowest BCUT2D eigenvalue weighted by Crippen LogP contribution is -2.32. The Morgan fingerprint density at radius 1 is 0.689 bits per heavy atom. The van der Waals surface area contributed by atoms with Gasteiger partial charge in [-0.3, -0.25) is 9.59 Å². The molecule has 7 heteroatoms. The average Bonchev–Trinajstić information content (AvgIpc) is 3.08. The minimum absolute atomic E-state index is 0.0339. The topological polar surface area (TPSA) is 98.7 Å². The molecule has 0 saturated carbocycles. The number of carbonyl (C=O) groups excluding carboxylic acids is 2. The first kappa shape index (κ1) is 30.8. The normalized spacial score (nSPS) is 11.3. The molecule has 0 amide bonds. The van der Waals surface area contributed by atoms with E-state index >= 15 is 0 Å². The first-order valence-corrected chi connectivity index (χ1v) is 14.7. The molecule has 1 atom stereocenters. The van der Waals surface area contributed by atoms with Crippen LogP contribution >= 0.6 is 0 Å². The van der Waals surface area contributed by atoms with Gasteiger partial charge in [0, 0.05) is 54.3 Å². The quantitative estimate of drug-likeness (QED) is 0.125. The summed E-state index contributed by atoms with van der Waals surface area (Å²) in [6.45, 7) is 0.0339. The van der Waals surface area contributed by atoms with Gasteiger partial charge in [-0.15, -0.1) is 0 Å². The van der Waals surface area contributed by atoms with Crippen molar-refractivity contribution in [1.29, 1.82) is 0 Å². The number of aliphatic carboxylic acids is 1. The van der Waals surface area contributed by atoms with Crippen LogP contribution in [-0.2, 0) is 11.2 Å². The number of hydrogen-bond donors (Lipinski definition) is 3. The van der Waals surface area contributed by atoms with E-state index in [9.17, 15) is 19.5 Å². The van der Waals surface area contributed by atoms with Gasteiger partial charge in [-0.05, 0) is 59.2 Å². The Kier molecular flexibility index (Phi) is 9.70. The summed E-state index contributed by atoms with van der Waals surface area (Å²) in [5.74, 6) is -1.35. The average molecular weight is 598 g/mol. The molecule has 0 aromatic heterocycles. The number of nitrogens with one attached hydrogen (secondary N) is 2. The van der Waals surface area contributed by atoms with E-state index in [2.05, 4.69) is 10.6 Å². The molecule has 5 rings (SSSR count). The van der Waals surface area contributed by atoms with Crippen LogP contribution in [0.1, 0.15) is 31.8 Å². The smallest absolute Gasteiger partial charge is 0.326 e. The molecular weight excluding hydrogens is 562 g/mol. The van der Waals surface area contributed by atoms with Gasteiger partial charge >= 0.3 is 5.97 Å². The maximum Gasteiger partial charge on any atom is 0.326 e. The largest absolute Gasteiger partial charge is 0.480 e. The second kappa shape index (κ2) is 14.2. The predicted molar refractivity (Wildman–Crippen MR) is 181 cm³/mol. The third-order valence-corrected chi connectivity index (χ3v) is 7.62. The van der Waals surface area contributed by atoms with Gasteiger partial charge in [0.15, 0.2) is 11.6 Å². The molecule has 0 aliphatic carbocycles. The van der Waals surface area contributed by atoms with E-state index < -0.39 is 12.0 Å². The van der Waals surface area contributed by atoms with Gasteiger partial charge in [-0.1, -0.05) is 84.9 Å². The third-order valence-electron chi connectivity index (χ3n) is 7.62. The van der Waals surface area contributed by atoms with Gasteiger partial charge < -0.3 is 20.6 Å². The van der Waals surface area contributed by atoms with E-state index in [0.29, 0.717) is 28.1 Å². The van der Waals surface area contributed by atoms with Crippen molar-refractivity contribution in [1.82, 2.24) is 0 Å². The first-order valence-electron chi connectivity index (χ1n) is 14.7. The van der Waals surface area contributed by atoms with Crippen molar-refractivity contribution in [2.75, 3.05) is 36.2 Å². The lowest BCUT2D eigenvalue weighted by molar-refractivity contribution is -0.137. The molecule has 0 radical (unpaired) electrons. The maximum absolute atomic E-state index is 13.3. The van der Waals surface area contributed by atoms with Crippen molar-refractivity contribution in [3.8, 4) is 11.1 Å². The van der Waals surface area contributed by atoms with Crippen LogP contribution < -0.4 is 15.5 Å². The second-order valence-electron chi connectivity index (χ2n) is 10.9. The molecule has 45 heavy (non-hydrogen) atoms. The zero-order chi connectivity index (χ0) is 31.8. The highest BCUT2D eigenvalue weighted by molar-refractivity contribution is 6.12. The lowest BCUT2D eigenvalue weighted by atomic mass is 9.97. The number of benzene rings is 5. The van der Waals surface area contributed by atoms with Crippen LogP contribution in [0.3, 0.4) is 0 Å². The summed E-state index contributed by atoms with van der Waals surface area (Å²) in [7, 11) is 3.89. The number of ketones is 2. The Hall–Kier alpha value is -5.69. The number of Topliss-reactive ketones (excluding diaryl/α,β-unsaturated/α-hetero) is 1. The molecule has 1 unspecified atom stereocenters. The van der Waals surface area contributed by atoms with E-state index in [1.807, 2.05) is 85.7 Å². The number of carbonyl (C=O) groups is 3. The van der Waals surface area contributed by atoms with Crippen LogP contribution in [0.15, 0.2) is 127 Å². The number of hydrogen-bond acceptors (Lipinski definition) is 6. The molecule has 7 nitrogen and oxygen atoms in total. The fourth-order valence-corrected chi connectivity index (χ4v) is 5.11. The Morgan fingerprint density at radius 2 is 1.33 bits per heavy atom. The standard InChI is InChI=1S/C38H35N3O4/c1-41(2)31-21-19-27(20-22-31)36(42)25-39-34-23-29(26-11-5-3-6-12-26)17-18-30(34)24-35(38(44)45)40-33-16-10-9-15-32(33)37(43)28-13-7-4-8-14-28/h3-23,35,39-40H,24-25H2,1-2H3,(H,44,45). The van der Waals surface area contributed by atoms with Crippen molar-refractivity contribution in [2.24, 2.45) is 0 Å². The Labute approximate surface area is 263 Å². The molecule has 0 heterocycles. The van der Waals surface area contributed by atoms with E-state index in [0.717, 1.165) is 22.4 Å². The van der Waals surface area contributed by atoms with Crippen molar-refractivity contribution < 1.29 is 19.5 Å². The fourth-order valence-electron chi connectivity index (χ4n) is 5.11. The van der Waals surface area contributed by atoms with Crippen molar-refractivity contribution in [3.05, 3.63) is 150 Å². The molecule has 226 valence electrons. The number of carboxylic acid groups (broad SMARTS) is 1. The van der Waals surface area contributed by atoms with Gasteiger partial charge in [-0.25, -0.2) is 4.79 Å². The van der Waals surface area contributed by atoms with E-state index in [4.69, 9.17) is 0 Å². The molecule has 0 bridgehead atoms. The highest BCUT2D eigenvalue weighted by Crippen LogP contribution is 2.28. The van der Waals surface area contributed by atoms with Crippen LogP contribution in [-0.4, -0.2) is 49.3 Å². The minimum atomic E-state index is -1.06. The van der Waals surface area contributed by atoms with Gasteiger partial charge in [0.25, 0.3) is 0 Å². The minimum Gasteiger partial charge on any atom is -0.480 e. The maximum atomic E-state index is 13.3. The van der Waals surface area contributed by atoms with Gasteiger partial charge in [0.05, 0.1) is 6.54 Å². The molecule has 5 aromatic rings. The third kappa shape index (κ3) is 7.64. The van der Waals surface area contributed by atoms with Crippen LogP contribution in [0.2, 0.25) is 0 Å². The fraction of sp³-hybridized carbons (Fsp3) is 0.132. The molecule has 0 saturated heterocycles. The Bertz CT molecular complexity index is 1790. The summed E-state index contributed by atoms with van der Waals surface area (Å²) >= 11 is 0. The van der Waals surface area contributed by atoms with Crippen LogP contribution in [0.5, 0.6) is 0 Å². The summed E-state index contributed by atoms with van der Waals surface area (Å²) in [5.41, 5.74) is 6.23. The summed E-state index contributed by atoms with van der Waals surface area (Å²) in [6, 6.07) is 37.8. The second-order valence-corrected chi connectivity index (χ2v) is 10.9. The number of rotatable bonds is 13. The highest BCUT2D eigenvalue weighted by Gasteiger charge is 2.23. The molecular formula is C38H35N3O4. The molecule has 0 aliphatic heterocycles. The Morgan fingerprint density at radius 3 is 2.00 bits per heavy atom. The van der Waals surface area contributed by atoms with E-state index in [-0.39, 0.29) is 24.5 Å². The number of para-hydroxylation sites is 1. The summed E-state index contributed by atoms with van der Waals surface area (Å²) in [6.07, 6.45) is 0.103. The number of anilines is 3. The Balaban J connectivity index is 1.41. The van der Waals surface area contributed by atoms with E-state index in [1.165, 1.54) is 0 Å². The van der Waals surface area contributed by atoms with Crippen LogP contribution in [0, 0.1) is 0 Å². The van der Waals surface area contributed by atoms with Crippen molar-refractivity contribution in [3.63, 3.8) is 0 Å². The molecule has 0 aliphatic rings. The highest BCUT2D eigenvalue weighted by atomic mass is 16.4. The zero-order valence-electron chi connectivity index (χ0n) is 25.2. The molecule has 5 aromatic carbocycles. The SMILES string of the molecule is CN(C)c1ccc(C(=O)CNc2cc(-c3ccccc3)ccc2CC(Nc2ccccc2C(=O)c2ccccc2)C(=O)O)cc1. The lowest BCUT2D eigenvalue weighted by Gasteiger charge is -2.21. The van der Waals surface area contributed by atoms with Gasteiger partial charge in [0.2, 0.25) is 0 Å². The molecule has 0 spiro atoms. The summed E-state index contributed by atoms with van der Waals surface area (Å²) in [5, 5.41) is 16.7. The number of nitrogens with zero attached hydrogens (tertiary/aromatic N) is 1.